The van der Waals surface area contributed by atoms with Gasteiger partial charge in [-0.2, -0.15) is 0 Å². The molecule has 0 aliphatic carbocycles. The van der Waals surface area contributed by atoms with Crippen molar-refractivity contribution < 1.29 is 17.5 Å². The van der Waals surface area contributed by atoms with Crippen molar-refractivity contribution in [3.05, 3.63) is 35.9 Å². The highest BCUT2D eigenvalue weighted by molar-refractivity contribution is 7.85. The van der Waals surface area contributed by atoms with Crippen molar-refractivity contribution >= 4 is 10.1 Å². The lowest BCUT2D eigenvalue weighted by Gasteiger charge is -2.35. The van der Waals surface area contributed by atoms with Crippen molar-refractivity contribution in [3.8, 4) is 0 Å². The van der Waals surface area contributed by atoms with Gasteiger partial charge in [0.15, 0.2) is 0 Å². The summed E-state index contributed by atoms with van der Waals surface area (Å²) in [5.74, 6) is -0.256. The van der Waals surface area contributed by atoms with Crippen LogP contribution in [-0.2, 0) is 16.7 Å². The minimum absolute atomic E-state index is 0.256. The molecule has 0 saturated carbocycles. The van der Waals surface area contributed by atoms with E-state index in [1.807, 2.05) is 18.2 Å². The maximum Gasteiger partial charge on any atom is 0.104 e. The molecule has 0 N–H and O–H groups in total. The number of hydrogen-bond donors (Lipinski definition) is 0. The Labute approximate surface area is 180 Å². The topological polar surface area (TPSA) is 57.2 Å². The molecule has 0 fully saturated rings. The molecule has 0 aromatic heterocycles. The van der Waals surface area contributed by atoms with Gasteiger partial charge in [-0.3, -0.25) is 0 Å². The van der Waals surface area contributed by atoms with Gasteiger partial charge in [0.1, 0.15) is 6.54 Å². The van der Waals surface area contributed by atoms with Gasteiger partial charge in [-0.05, 0) is 12.8 Å². The normalized spacial score (nSPS) is 14.0. The third-order valence-electron chi connectivity index (χ3n) is 5.80. The average molecular weight is 426 g/mol. The first-order valence-corrected chi connectivity index (χ1v) is 13.2. The van der Waals surface area contributed by atoms with E-state index < -0.39 is 10.1 Å². The predicted molar refractivity (Wildman–Crippen MR) is 122 cm³/mol. The molecule has 0 heterocycles. The molecule has 1 atom stereocenters. The van der Waals surface area contributed by atoms with Crippen molar-refractivity contribution in [1.82, 2.24) is 0 Å². The highest BCUT2D eigenvalue weighted by Gasteiger charge is 2.21. The average Bonchev–Trinajstić information content (AvgIpc) is 2.66. The third-order valence-corrected chi connectivity index (χ3v) is 6.59. The minimum Gasteiger partial charge on any atom is -0.748 e. The van der Waals surface area contributed by atoms with Crippen molar-refractivity contribution in [1.29, 1.82) is 0 Å². The van der Waals surface area contributed by atoms with Crippen molar-refractivity contribution in [2.24, 2.45) is 0 Å². The zero-order valence-corrected chi connectivity index (χ0v) is 19.6. The first-order chi connectivity index (χ1) is 13.8. The monoisotopic (exact) mass is 425 g/mol. The quantitative estimate of drug-likeness (QED) is 0.168. The summed E-state index contributed by atoms with van der Waals surface area (Å²) >= 11 is 0. The summed E-state index contributed by atoms with van der Waals surface area (Å²) in [6.07, 6.45) is 15.0. The van der Waals surface area contributed by atoms with Crippen LogP contribution < -0.4 is 0 Å². The molecule has 168 valence electrons. The number of unbranched alkanes of at least 4 members (excludes halogenated alkanes) is 10. The third kappa shape index (κ3) is 14.7. The van der Waals surface area contributed by atoms with E-state index >= 15 is 0 Å². The first-order valence-electron chi connectivity index (χ1n) is 11.7. The second-order valence-electron chi connectivity index (χ2n) is 8.86. The molecule has 5 heteroatoms. The molecule has 4 nitrogen and oxygen atoms in total. The maximum absolute atomic E-state index is 11.0. The van der Waals surface area contributed by atoms with Gasteiger partial charge in [0.05, 0.1) is 30.3 Å². The largest absolute Gasteiger partial charge is 0.748 e. The lowest BCUT2D eigenvalue weighted by atomic mass is 10.1. The predicted octanol–water partition coefficient (Wildman–Crippen LogP) is 5.88. The van der Waals surface area contributed by atoms with E-state index in [1.54, 1.807) is 0 Å². The molecular formula is C24H43NO3S. The highest BCUT2D eigenvalue weighted by Crippen LogP contribution is 2.17. The Kier molecular flexibility index (Phi) is 13.5. The van der Waals surface area contributed by atoms with Crippen molar-refractivity contribution in [3.63, 3.8) is 0 Å². The fourth-order valence-electron chi connectivity index (χ4n) is 4.07. The van der Waals surface area contributed by atoms with Gasteiger partial charge >= 0.3 is 0 Å². The van der Waals surface area contributed by atoms with Crippen LogP contribution in [-0.4, -0.2) is 43.3 Å². The molecule has 0 aliphatic heterocycles. The number of benzene rings is 1. The van der Waals surface area contributed by atoms with Crippen LogP contribution in [0.25, 0.3) is 0 Å². The maximum atomic E-state index is 11.0. The Morgan fingerprint density at radius 3 is 1.76 bits per heavy atom. The van der Waals surface area contributed by atoms with Gasteiger partial charge in [-0.25, -0.2) is 8.42 Å². The van der Waals surface area contributed by atoms with E-state index in [0.717, 1.165) is 30.5 Å². The van der Waals surface area contributed by atoms with Gasteiger partial charge in [-0.15, -0.1) is 0 Å². The molecule has 29 heavy (non-hydrogen) atoms. The summed E-state index contributed by atoms with van der Waals surface area (Å²) in [6.45, 7) is 4.91. The summed E-state index contributed by atoms with van der Waals surface area (Å²) in [5, 5.41) is 0. The van der Waals surface area contributed by atoms with Crippen molar-refractivity contribution in [2.75, 3.05) is 25.9 Å². The van der Waals surface area contributed by atoms with Crippen LogP contribution in [0.5, 0.6) is 0 Å². The van der Waals surface area contributed by atoms with Crippen LogP contribution in [0.15, 0.2) is 30.3 Å². The van der Waals surface area contributed by atoms with Crippen LogP contribution in [0, 0.1) is 0 Å². The molecule has 1 unspecified atom stereocenters. The molecule has 1 aromatic carbocycles. The van der Waals surface area contributed by atoms with E-state index in [4.69, 9.17) is 0 Å². The molecule has 0 radical (unpaired) electrons. The minimum atomic E-state index is -4.13. The number of hydrogen-bond acceptors (Lipinski definition) is 3. The Bertz CT molecular complexity index is 618. The number of rotatable bonds is 18. The fourth-order valence-corrected chi connectivity index (χ4v) is 4.56. The Balaban J connectivity index is 2.30. The van der Waals surface area contributed by atoms with E-state index in [1.165, 1.54) is 69.8 Å². The lowest BCUT2D eigenvalue weighted by molar-refractivity contribution is -0.922. The summed E-state index contributed by atoms with van der Waals surface area (Å²) < 4.78 is 33.7. The Morgan fingerprint density at radius 1 is 0.759 bits per heavy atom. The standard InChI is InChI=1S/C24H43NO3S/c1-3-4-5-6-7-8-9-10-11-12-16-20-25(2,21-17-22-29(26,27)28)23-24-18-14-13-15-19-24/h13-15,18-19H,3-12,16-17,20-23H2,1-2H3. The van der Waals surface area contributed by atoms with E-state index in [9.17, 15) is 13.0 Å². The van der Waals surface area contributed by atoms with E-state index in [2.05, 4.69) is 26.1 Å². The van der Waals surface area contributed by atoms with Gasteiger partial charge < -0.3 is 9.04 Å². The fraction of sp³-hybridized carbons (Fsp3) is 0.750. The molecule has 0 aliphatic rings. The van der Waals surface area contributed by atoms with Crippen LogP contribution in [0.2, 0.25) is 0 Å². The van der Waals surface area contributed by atoms with Crippen LogP contribution in [0.3, 0.4) is 0 Å². The zero-order valence-electron chi connectivity index (χ0n) is 18.8. The Hall–Kier alpha value is -0.910. The van der Waals surface area contributed by atoms with Crippen LogP contribution in [0.4, 0.5) is 0 Å². The first kappa shape index (κ1) is 26.1. The molecular weight excluding hydrogens is 382 g/mol. The molecule has 0 bridgehead atoms. The van der Waals surface area contributed by atoms with Gasteiger partial charge in [0.25, 0.3) is 0 Å². The van der Waals surface area contributed by atoms with Crippen molar-refractivity contribution in [2.45, 2.75) is 90.5 Å². The second-order valence-corrected chi connectivity index (χ2v) is 10.4. The van der Waals surface area contributed by atoms with E-state index in [-0.39, 0.29) is 5.75 Å². The summed E-state index contributed by atoms with van der Waals surface area (Å²) in [7, 11) is -1.93. The van der Waals surface area contributed by atoms with Crippen LogP contribution >= 0.6 is 0 Å². The van der Waals surface area contributed by atoms with Gasteiger partial charge in [0, 0.05) is 17.7 Å². The molecule has 0 spiro atoms. The van der Waals surface area contributed by atoms with Gasteiger partial charge in [-0.1, -0.05) is 95.0 Å². The second kappa shape index (κ2) is 15.0. The molecule has 0 amide bonds. The molecule has 0 saturated heterocycles. The van der Waals surface area contributed by atoms with E-state index in [0.29, 0.717) is 6.42 Å². The molecule has 1 aromatic rings. The lowest BCUT2D eigenvalue weighted by Crippen LogP contribution is -2.45. The number of quaternary nitrogens is 1. The SMILES string of the molecule is CCCCCCCCCCCCC[N+](C)(CCCS(=O)(=O)[O-])Cc1ccccc1. The van der Waals surface area contributed by atoms with Gasteiger partial charge in [0.2, 0.25) is 0 Å². The zero-order chi connectivity index (χ0) is 21.4. The molecule has 1 rings (SSSR count). The number of nitrogens with zero attached hydrogens (tertiary/aromatic N) is 1. The summed E-state index contributed by atoms with van der Waals surface area (Å²) in [6, 6.07) is 10.4. The highest BCUT2D eigenvalue weighted by atomic mass is 32.2. The smallest absolute Gasteiger partial charge is 0.104 e. The Morgan fingerprint density at radius 2 is 1.24 bits per heavy atom. The van der Waals surface area contributed by atoms with Crippen LogP contribution in [0.1, 0.15) is 89.5 Å². The summed E-state index contributed by atoms with van der Waals surface area (Å²) in [5.41, 5.74) is 1.27. The summed E-state index contributed by atoms with van der Waals surface area (Å²) in [4.78, 5) is 0.